The molecule has 0 saturated heterocycles. The summed E-state index contributed by atoms with van der Waals surface area (Å²) in [6.45, 7) is 0. The molecule has 0 fully saturated rings. The molecule has 0 aliphatic rings. The number of aromatic hydroxyl groups is 2. The Kier molecular flexibility index (Phi) is 11.8. The second-order valence-electron chi connectivity index (χ2n) is 10.5. The molecule has 0 aliphatic carbocycles. The largest absolute Gasteiger partial charge is 1.00 e. The first-order valence-corrected chi connectivity index (χ1v) is 16.6. The Morgan fingerprint density at radius 2 is 1.14 bits per heavy atom. The molecular weight excluding hydrogens is 707 g/mol. The second-order valence-corrected chi connectivity index (χ2v) is 13.2. The maximum atomic E-state index is 12.0. The van der Waals surface area contributed by atoms with Gasteiger partial charge in [-0.3, -0.25) is 0 Å². The number of anilines is 2. The van der Waals surface area contributed by atoms with Gasteiger partial charge >= 0.3 is 59.1 Å². The quantitative estimate of drug-likeness (QED) is 0.0781. The number of phenols is 2. The van der Waals surface area contributed by atoms with Crippen molar-refractivity contribution in [1.29, 1.82) is 0 Å². The molecule has 6 rings (SSSR count). The number of benzene rings is 6. The molecule has 0 radical (unpaired) electrons. The van der Waals surface area contributed by atoms with E-state index >= 15 is 0 Å². The van der Waals surface area contributed by atoms with Gasteiger partial charge in [0.05, 0.1) is 32.2 Å². The fraction of sp³-hybridized carbons (Fsp3) is 0. The van der Waals surface area contributed by atoms with E-state index < -0.39 is 47.2 Å². The van der Waals surface area contributed by atoms with Crippen molar-refractivity contribution in [3.8, 4) is 22.6 Å². The number of azo groups is 2. The standard InChI is InChI=1S/C32H24N6O8S2.2Na/c33-21-6-11-25-20(13-21)15-28(48(44,45)46)31(32(25)40)38-36-23-9-3-18(4-10-23)17-1-7-22(8-2-17)35-37-30-26(34)12-5-19-14-24(47(41,42)43)16-27(39)29(19)30;;/h1-16,39-40H,33-34H2,(H,41,42,43)(H,44,45,46);;/q;2*+1/p-2. The Bertz CT molecular complexity index is 2550. The summed E-state index contributed by atoms with van der Waals surface area (Å²) >= 11 is 0. The summed E-state index contributed by atoms with van der Waals surface area (Å²) in [7, 11) is -9.82. The number of hydrogen-bond donors (Lipinski definition) is 4. The van der Waals surface area contributed by atoms with Gasteiger partial charge in [-0.15, -0.1) is 10.2 Å². The summed E-state index contributed by atoms with van der Waals surface area (Å²) in [6, 6.07) is 23.9. The average Bonchev–Trinajstić information content (AvgIpc) is 3.03. The van der Waals surface area contributed by atoms with Gasteiger partial charge in [0.15, 0.2) is 5.75 Å². The van der Waals surface area contributed by atoms with Gasteiger partial charge in [0, 0.05) is 11.1 Å². The number of rotatable bonds is 7. The molecule has 18 heteroatoms. The summed E-state index contributed by atoms with van der Waals surface area (Å²) < 4.78 is 70.2. The van der Waals surface area contributed by atoms with Crippen LogP contribution in [0.2, 0.25) is 0 Å². The number of fused-ring (bicyclic) bond motifs is 2. The summed E-state index contributed by atoms with van der Waals surface area (Å²) in [6.07, 6.45) is 0. The first-order chi connectivity index (χ1) is 22.7. The number of nitrogens with two attached hydrogens (primary N) is 2. The smallest absolute Gasteiger partial charge is 0.744 e. The van der Waals surface area contributed by atoms with Crippen LogP contribution in [-0.4, -0.2) is 36.2 Å². The zero-order chi connectivity index (χ0) is 34.4. The summed E-state index contributed by atoms with van der Waals surface area (Å²) in [5.74, 6) is -1.01. The molecule has 0 heterocycles. The third kappa shape index (κ3) is 8.16. The van der Waals surface area contributed by atoms with Crippen LogP contribution in [0.1, 0.15) is 0 Å². The van der Waals surface area contributed by atoms with Crippen LogP contribution < -0.4 is 70.6 Å². The molecule has 0 atom stereocenters. The molecule has 242 valence electrons. The van der Waals surface area contributed by atoms with E-state index in [1.165, 1.54) is 30.3 Å². The fourth-order valence-corrected chi connectivity index (χ4v) is 6.15. The van der Waals surface area contributed by atoms with Gasteiger partial charge in [-0.2, -0.15) is 10.2 Å². The van der Waals surface area contributed by atoms with Crippen LogP contribution in [0.25, 0.3) is 32.7 Å². The molecule has 6 aromatic carbocycles. The van der Waals surface area contributed by atoms with E-state index in [0.717, 1.165) is 29.3 Å². The van der Waals surface area contributed by atoms with E-state index in [4.69, 9.17) is 11.5 Å². The summed E-state index contributed by atoms with van der Waals surface area (Å²) in [5.41, 5.74) is 14.2. The van der Waals surface area contributed by atoms with E-state index in [0.29, 0.717) is 17.1 Å². The molecule has 0 aliphatic heterocycles. The van der Waals surface area contributed by atoms with Gasteiger partial charge in [0.25, 0.3) is 0 Å². The van der Waals surface area contributed by atoms with Crippen molar-refractivity contribution < 1.29 is 95.3 Å². The number of hydrogen-bond acceptors (Lipinski definition) is 14. The molecule has 0 spiro atoms. The van der Waals surface area contributed by atoms with Crippen LogP contribution in [0.3, 0.4) is 0 Å². The SMILES string of the molecule is Nc1ccc2c(O)c(N=Nc3ccc(-c4ccc(N=Nc5c(N)ccc6cc(S(=O)(=O)[O-])cc(O)c56)cc4)cc3)c(S(=O)(=O)[O-])cc2c1.[Na+].[Na+]. The van der Waals surface area contributed by atoms with Crippen molar-refractivity contribution in [2.24, 2.45) is 20.5 Å². The van der Waals surface area contributed by atoms with Crippen molar-refractivity contribution in [3.63, 3.8) is 0 Å². The van der Waals surface area contributed by atoms with Gasteiger partial charge in [0.1, 0.15) is 37.4 Å². The van der Waals surface area contributed by atoms with Crippen LogP contribution in [0.5, 0.6) is 11.5 Å². The monoisotopic (exact) mass is 728 g/mol. The maximum absolute atomic E-state index is 12.0. The average molecular weight is 729 g/mol. The zero-order valence-corrected chi connectivity index (χ0v) is 32.0. The molecule has 6 aromatic rings. The van der Waals surface area contributed by atoms with Gasteiger partial charge < -0.3 is 30.8 Å². The third-order valence-corrected chi connectivity index (χ3v) is 8.97. The normalized spacial score (nSPS) is 12.0. The van der Waals surface area contributed by atoms with Gasteiger partial charge in [-0.1, -0.05) is 30.3 Å². The van der Waals surface area contributed by atoms with Crippen molar-refractivity contribution in [1.82, 2.24) is 0 Å². The van der Waals surface area contributed by atoms with Crippen LogP contribution in [0, 0.1) is 0 Å². The summed E-state index contributed by atoms with van der Waals surface area (Å²) in [4.78, 5) is -1.33. The minimum absolute atomic E-state index is 0. The molecule has 6 N–H and O–H groups in total. The number of nitrogen functional groups attached to an aromatic ring is 2. The minimum atomic E-state index is -5.02. The molecule has 50 heavy (non-hydrogen) atoms. The van der Waals surface area contributed by atoms with Gasteiger partial charge in [-0.05, 0) is 88.6 Å². The molecule has 0 aromatic heterocycles. The van der Waals surface area contributed by atoms with Crippen LogP contribution >= 0.6 is 0 Å². The maximum Gasteiger partial charge on any atom is 1.00 e. The Morgan fingerprint density at radius 3 is 1.68 bits per heavy atom. The Labute approximate surface area is 329 Å². The van der Waals surface area contributed by atoms with Crippen molar-refractivity contribution >= 4 is 75.9 Å². The summed E-state index contributed by atoms with van der Waals surface area (Å²) in [5, 5.41) is 38.4. The second kappa shape index (κ2) is 15.1. The van der Waals surface area contributed by atoms with E-state index in [-0.39, 0.29) is 92.0 Å². The molecule has 14 nitrogen and oxygen atoms in total. The first-order valence-electron chi connectivity index (χ1n) is 13.8. The van der Waals surface area contributed by atoms with E-state index in [1.807, 2.05) is 0 Å². The Morgan fingerprint density at radius 1 is 0.580 bits per heavy atom. The number of nitrogens with zero attached hydrogens (tertiary/aromatic N) is 4. The van der Waals surface area contributed by atoms with Crippen molar-refractivity contribution in [3.05, 3.63) is 97.1 Å². The van der Waals surface area contributed by atoms with Crippen LogP contribution in [0.15, 0.2) is 127 Å². The van der Waals surface area contributed by atoms with E-state index in [9.17, 15) is 36.2 Å². The predicted molar refractivity (Wildman–Crippen MR) is 176 cm³/mol. The van der Waals surface area contributed by atoms with Gasteiger partial charge in [-0.25, -0.2) is 16.8 Å². The Balaban J connectivity index is 0.00000281. The van der Waals surface area contributed by atoms with Crippen molar-refractivity contribution in [2.75, 3.05) is 11.5 Å². The van der Waals surface area contributed by atoms with Crippen molar-refractivity contribution in [2.45, 2.75) is 9.79 Å². The minimum Gasteiger partial charge on any atom is -0.744 e. The van der Waals surface area contributed by atoms with Crippen LogP contribution in [-0.2, 0) is 20.2 Å². The van der Waals surface area contributed by atoms with E-state index in [1.54, 1.807) is 48.5 Å². The number of phenolic OH excluding ortho intramolecular Hbond substituents is 2. The molecule has 0 amide bonds. The van der Waals surface area contributed by atoms with E-state index in [2.05, 4.69) is 20.5 Å². The zero-order valence-electron chi connectivity index (χ0n) is 26.3. The topological polar surface area (TPSA) is 256 Å². The first kappa shape index (κ1) is 38.9. The molecule has 0 saturated carbocycles. The Hall–Kier alpha value is -3.94. The van der Waals surface area contributed by atoms with Gasteiger partial charge in [0.2, 0.25) is 0 Å². The predicted octanol–water partition coefficient (Wildman–Crippen LogP) is 0.883. The molecule has 0 bridgehead atoms. The molecular formula is C32H22N6Na2O8S2. The fourth-order valence-electron chi connectivity index (χ4n) is 4.98. The molecule has 0 unspecified atom stereocenters. The van der Waals surface area contributed by atoms with Crippen LogP contribution in [0.4, 0.5) is 34.1 Å². The third-order valence-electron chi connectivity index (χ3n) is 7.31.